The van der Waals surface area contributed by atoms with Crippen molar-refractivity contribution in [3.05, 3.63) is 34.9 Å². The van der Waals surface area contributed by atoms with Gasteiger partial charge in [-0.3, -0.25) is 0 Å². The van der Waals surface area contributed by atoms with Crippen molar-refractivity contribution in [1.29, 1.82) is 0 Å². The summed E-state index contributed by atoms with van der Waals surface area (Å²) in [5, 5.41) is 9.72. The van der Waals surface area contributed by atoms with Crippen LogP contribution in [0.2, 0.25) is 0 Å². The smallest absolute Gasteiger partial charge is 0.174 e. The lowest BCUT2D eigenvalue weighted by atomic mass is 10.1. The molecule has 0 aliphatic rings. The van der Waals surface area contributed by atoms with Crippen molar-refractivity contribution < 1.29 is 9.84 Å². The van der Waals surface area contributed by atoms with Crippen LogP contribution in [0.1, 0.15) is 67.2 Å². The lowest BCUT2D eigenvalue weighted by Gasteiger charge is -2.11. The summed E-state index contributed by atoms with van der Waals surface area (Å²) in [4.78, 5) is 0. The molecule has 1 unspecified atom stereocenters. The maximum Gasteiger partial charge on any atom is 0.174 e. The second-order valence-electron chi connectivity index (χ2n) is 6.54. The molecular weight excluding hydrogens is 260 g/mol. The first-order valence-corrected chi connectivity index (χ1v) is 8.07. The Labute approximate surface area is 131 Å². The summed E-state index contributed by atoms with van der Waals surface area (Å²) < 4.78 is 5.33. The van der Waals surface area contributed by atoms with Crippen molar-refractivity contribution in [3.8, 4) is 0 Å². The molecule has 0 aromatic rings. The van der Waals surface area contributed by atoms with E-state index in [1.54, 1.807) is 0 Å². The molecule has 0 bridgehead atoms. The Hall–Kier alpha value is -0.860. The molecule has 0 spiro atoms. The number of hydrogen-bond donors (Lipinski definition) is 1. The Balaban J connectivity index is 4.00. The second kappa shape index (κ2) is 11.8. The van der Waals surface area contributed by atoms with E-state index in [1.165, 1.54) is 16.7 Å². The Bertz CT molecular complexity index is 358. The Kier molecular flexibility index (Phi) is 11.3. The van der Waals surface area contributed by atoms with E-state index in [4.69, 9.17) is 4.74 Å². The van der Waals surface area contributed by atoms with E-state index in [0.717, 1.165) is 25.7 Å². The van der Waals surface area contributed by atoms with Gasteiger partial charge in [0.25, 0.3) is 0 Å². The highest BCUT2D eigenvalue weighted by Gasteiger charge is 2.02. The van der Waals surface area contributed by atoms with Gasteiger partial charge in [-0.05, 0) is 65.4 Å². The van der Waals surface area contributed by atoms with Crippen LogP contribution in [0.4, 0.5) is 0 Å². The molecule has 0 radical (unpaired) electrons. The minimum Gasteiger partial charge on any atom is -0.365 e. The van der Waals surface area contributed by atoms with E-state index in [2.05, 4.69) is 46.8 Å². The van der Waals surface area contributed by atoms with Crippen LogP contribution in [0.5, 0.6) is 0 Å². The normalized spacial score (nSPS) is 14.5. The van der Waals surface area contributed by atoms with Gasteiger partial charge in [-0.25, -0.2) is 0 Å². The van der Waals surface area contributed by atoms with E-state index < -0.39 is 6.29 Å². The first-order chi connectivity index (χ1) is 9.81. The van der Waals surface area contributed by atoms with Crippen LogP contribution >= 0.6 is 0 Å². The van der Waals surface area contributed by atoms with Gasteiger partial charge in [0.1, 0.15) is 0 Å². The molecule has 0 fully saturated rings. The molecule has 0 saturated carbocycles. The van der Waals surface area contributed by atoms with Gasteiger partial charge in [0.2, 0.25) is 0 Å². The molecule has 0 aliphatic carbocycles. The molecule has 1 atom stereocenters. The molecule has 122 valence electrons. The van der Waals surface area contributed by atoms with Crippen LogP contribution in [-0.2, 0) is 4.74 Å². The highest BCUT2D eigenvalue weighted by molar-refractivity contribution is 5.05. The number of allylic oxidation sites excluding steroid dienone is 5. The highest BCUT2D eigenvalue weighted by atomic mass is 16.6. The molecule has 0 heterocycles. The van der Waals surface area contributed by atoms with Crippen molar-refractivity contribution in [2.75, 3.05) is 6.61 Å². The van der Waals surface area contributed by atoms with E-state index >= 15 is 0 Å². The van der Waals surface area contributed by atoms with E-state index in [9.17, 15) is 5.11 Å². The van der Waals surface area contributed by atoms with Crippen molar-refractivity contribution >= 4 is 0 Å². The predicted octanol–water partition coefficient (Wildman–Crippen LogP) is 5.40. The summed E-state index contributed by atoms with van der Waals surface area (Å²) in [5.41, 5.74) is 4.01. The molecule has 1 N–H and O–H groups in total. The number of ether oxygens (including phenoxy) is 1. The summed E-state index contributed by atoms with van der Waals surface area (Å²) in [7, 11) is 0. The van der Waals surface area contributed by atoms with Gasteiger partial charge < -0.3 is 9.84 Å². The van der Waals surface area contributed by atoms with E-state index in [1.807, 2.05) is 13.0 Å². The van der Waals surface area contributed by atoms with Crippen molar-refractivity contribution in [1.82, 2.24) is 0 Å². The number of aliphatic hydroxyl groups excluding tert-OH is 1. The third-order valence-corrected chi connectivity index (χ3v) is 3.15. The van der Waals surface area contributed by atoms with Crippen molar-refractivity contribution in [2.24, 2.45) is 5.92 Å². The van der Waals surface area contributed by atoms with Gasteiger partial charge in [0, 0.05) is 0 Å². The van der Waals surface area contributed by atoms with Crippen LogP contribution < -0.4 is 0 Å². The minimum absolute atomic E-state index is 0.444. The predicted molar refractivity (Wildman–Crippen MR) is 92.2 cm³/mol. The molecule has 0 aromatic carbocycles. The SMILES string of the molecule is CC(C)=CCCC(C)=CCCC(C)=CC(O)OCC(C)C. The van der Waals surface area contributed by atoms with E-state index in [0.29, 0.717) is 12.5 Å². The van der Waals surface area contributed by atoms with Gasteiger partial charge >= 0.3 is 0 Å². The molecule has 0 aromatic heterocycles. The van der Waals surface area contributed by atoms with Crippen molar-refractivity contribution in [3.63, 3.8) is 0 Å². The van der Waals surface area contributed by atoms with Gasteiger partial charge in [-0.1, -0.05) is 42.7 Å². The maximum absolute atomic E-state index is 9.72. The van der Waals surface area contributed by atoms with Crippen LogP contribution in [0.3, 0.4) is 0 Å². The summed E-state index contributed by atoms with van der Waals surface area (Å²) in [5.74, 6) is 0.444. The van der Waals surface area contributed by atoms with Gasteiger partial charge in [0.05, 0.1) is 6.61 Å². The zero-order valence-electron chi connectivity index (χ0n) is 14.8. The van der Waals surface area contributed by atoms with Gasteiger partial charge in [0.15, 0.2) is 6.29 Å². The standard InChI is InChI=1S/C19H34O2/c1-15(2)9-7-10-17(5)11-8-12-18(6)13-19(20)21-14-16(3)4/h9,11,13,16,19-20H,7-8,10,12,14H2,1-6H3. The molecule has 2 heteroatoms. The fraction of sp³-hybridized carbons (Fsp3) is 0.684. The second-order valence-corrected chi connectivity index (χ2v) is 6.54. The number of hydrogen-bond acceptors (Lipinski definition) is 2. The summed E-state index contributed by atoms with van der Waals surface area (Å²) in [6.45, 7) is 13.3. The number of aliphatic hydroxyl groups is 1. The van der Waals surface area contributed by atoms with Gasteiger partial charge in [-0.2, -0.15) is 0 Å². The first kappa shape index (κ1) is 20.1. The minimum atomic E-state index is -0.768. The van der Waals surface area contributed by atoms with Crippen LogP contribution in [0.25, 0.3) is 0 Å². The zero-order chi connectivity index (χ0) is 16.3. The average Bonchev–Trinajstić information content (AvgIpc) is 2.35. The molecule has 2 nitrogen and oxygen atoms in total. The Morgan fingerprint density at radius 2 is 1.52 bits per heavy atom. The zero-order valence-corrected chi connectivity index (χ0v) is 14.8. The summed E-state index contributed by atoms with van der Waals surface area (Å²) in [6, 6.07) is 0. The average molecular weight is 294 g/mol. The maximum atomic E-state index is 9.72. The monoisotopic (exact) mass is 294 g/mol. The number of rotatable bonds is 10. The van der Waals surface area contributed by atoms with Crippen LogP contribution in [0, 0.1) is 5.92 Å². The third kappa shape index (κ3) is 13.9. The molecule has 0 rings (SSSR count). The van der Waals surface area contributed by atoms with E-state index in [-0.39, 0.29) is 0 Å². The van der Waals surface area contributed by atoms with Crippen LogP contribution in [-0.4, -0.2) is 18.0 Å². The summed E-state index contributed by atoms with van der Waals surface area (Å²) in [6.07, 6.45) is 9.89. The lowest BCUT2D eigenvalue weighted by molar-refractivity contribution is -0.0735. The molecule has 0 amide bonds. The highest BCUT2D eigenvalue weighted by Crippen LogP contribution is 2.12. The molecule has 0 saturated heterocycles. The van der Waals surface area contributed by atoms with Gasteiger partial charge in [-0.15, -0.1) is 0 Å². The molecule has 21 heavy (non-hydrogen) atoms. The summed E-state index contributed by atoms with van der Waals surface area (Å²) >= 11 is 0. The Morgan fingerprint density at radius 1 is 0.952 bits per heavy atom. The third-order valence-electron chi connectivity index (χ3n) is 3.15. The quantitative estimate of drug-likeness (QED) is 0.432. The Morgan fingerprint density at radius 3 is 2.10 bits per heavy atom. The fourth-order valence-electron chi connectivity index (χ4n) is 1.90. The van der Waals surface area contributed by atoms with Crippen molar-refractivity contribution in [2.45, 2.75) is 73.5 Å². The molecular formula is C19H34O2. The fourth-order valence-corrected chi connectivity index (χ4v) is 1.90. The van der Waals surface area contributed by atoms with Crippen LogP contribution in [0.15, 0.2) is 34.9 Å². The topological polar surface area (TPSA) is 29.5 Å². The first-order valence-electron chi connectivity index (χ1n) is 8.07. The largest absolute Gasteiger partial charge is 0.365 e. The molecule has 0 aliphatic heterocycles. The lowest BCUT2D eigenvalue weighted by Crippen LogP contribution is -2.13.